The van der Waals surface area contributed by atoms with Gasteiger partial charge in [0.05, 0.1) is 23.0 Å². The van der Waals surface area contributed by atoms with E-state index in [0.29, 0.717) is 35.2 Å². The van der Waals surface area contributed by atoms with Crippen molar-refractivity contribution in [2.75, 3.05) is 5.43 Å². The minimum Gasteiger partial charge on any atom is -0.277 e. The monoisotopic (exact) mass is 492 g/mol. The second-order valence-corrected chi connectivity index (χ2v) is 9.02. The van der Waals surface area contributed by atoms with Crippen molar-refractivity contribution in [3.8, 4) is 11.3 Å². The van der Waals surface area contributed by atoms with E-state index in [1.807, 2.05) is 51.1 Å². The van der Waals surface area contributed by atoms with Gasteiger partial charge in [0.2, 0.25) is 5.95 Å². The molecule has 8 heteroatoms. The molecule has 0 aliphatic carbocycles. The minimum atomic E-state index is -0.379. The van der Waals surface area contributed by atoms with Crippen molar-refractivity contribution < 1.29 is 4.79 Å². The Bertz CT molecular complexity index is 1630. The molecule has 0 atom stereocenters. The van der Waals surface area contributed by atoms with E-state index in [2.05, 4.69) is 40.1 Å². The van der Waals surface area contributed by atoms with Gasteiger partial charge in [-0.05, 0) is 38.5 Å². The summed E-state index contributed by atoms with van der Waals surface area (Å²) in [5, 5.41) is 5.28. The molecule has 0 radical (unpaired) electrons. The highest BCUT2D eigenvalue weighted by Crippen LogP contribution is 2.23. The number of fused-ring (bicyclic) bond motifs is 1. The van der Waals surface area contributed by atoms with Crippen LogP contribution < -0.4 is 16.4 Å². The molecule has 2 N–H and O–H groups in total. The summed E-state index contributed by atoms with van der Waals surface area (Å²) in [4.78, 5) is 30.9. The largest absolute Gasteiger partial charge is 0.277 e. The summed E-state index contributed by atoms with van der Waals surface area (Å²) in [6.07, 6.45) is 1.74. The van der Waals surface area contributed by atoms with Gasteiger partial charge in [0.25, 0.3) is 11.5 Å². The lowest BCUT2D eigenvalue weighted by molar-refractivity contribution is 0.0962. The highest BCUT2D eigenvalue weighted by molar-refractivity contribution is 6.00. The minimum absolute atomic E-state index is 0.170. The molecule has 1 amide bonds. The summed E-state index contributed by atoms with van der Waals surface area (Å²) < 4.78 is 3.26. The molecule has 37 heavy (non-hydrogen) atoms. The molecule has 5 aromatic rings. The van der Waals surface area contributed by atoms with Crippen LogP contribution in [0.2, 0.25) is 0 Å². The molecule has 0 aliphatic heterocycles. The Hall–Kier alpha value is -4.72. The summed E-state index contributed by atoms with van der Waals surface area (Å²) in [6, 6.07) is 23.3. The predicted molar refractivity (Wildman–Crippen MR) is 145 cm³/mol. The van der Waals surface area contributed by atoms with Gasteiger partial charge in [0, 0.05) is 18.3 Å². The lowest BCUT2D eigenvalue weighted by atomic mass is 10.1. The number of carbonyl (C=O) groups is 1. The first-order valence-electron chi connectivity index (χ1n) is 12.2. The third-order valence-corrected chi connectivity index (χ3v) is 6.26. The smallest absolute Gasteiger partial charge is 0.273 e. The van der Waals surface area contributed by atoms with Crippen LogP contribution in [-0.4, -0.2) is 25.2 Å². The van der Waals surface area contributed by atoms with Crippen molar-refractivity contribution in [2.24, 2.45) is 0 Å². The number of hydrogen-bond donors (Lipinski definition) is 2. The third kappa shape index (κ3) is 4.99. The maximum atomic E-state index is 13.4. The Morgan fingerprint density at radius 2 is 1.59 bits per heavy atom. The van der Waals surface area contributed by atoms with Crippen LogP contribution in [0.3, 0.4) is 0 Å². The summed E-state index contributed by atoms with van der Waals surface area (Å²) in [6.45, 7) is 6.85. The predicted octanol–water partition coefficient (Wildman–Crippen LogP) is 4.70. The van der Waals surface area contributed by atoms with Crippen molar-refractivity contribution in [1.82, 2.24) is 24.8 Å². The molecule has 186 valence electrons. The van der Waals surface area contributed by atoms with E-state index in [0.717, 1.165) is 16.7 Å². The van der Waals surface area contributed by atoms with Crippen LogP contribution in [0.25, 0.3) is 22.2 Å². The van der Waals surface area contributed by atoms with E-state index in [1.54, 1.807) is 29.1 Å². The number of aryl methyl sites for hydroxylation is 2. The number of para-hydroxylation sites is 1. The summed E-state index contributed by atoms with van der Waals surface area (Å²) in [7, 11) is 0. The van der Waals surface area contributed by atoms with Crippen LogP contribution in [0.5, 0.6) is 0 Å². The lowest BCUT2D eigenvalue weighted by Gasteiger charge is -2.14. The van der Waals surface area contributed by atoms with Gasteiger partial charge in [-0.25, -0.2) is 4.98 Å². The van der Waals surface area contributed by atoms with E-state index < -0.39 is 0 Å². The van der Waals surface area contributed by atoms with E-state index in [4.69, 9.17) is 5.10 Å². The Kier molecular flexibility index (Phi) is 6.55. The molecule has 0 spiro atoms. The van der Waals surface area contributed by atoms with E-state index in [9.17, 15) is 9.59 Å². The number of benzene rings is 3. The maximum Gasteiger partial charge on any atom is 0.273 e. The molecule has 2 aromatic heterocycles. The highest BCUT2D eigenvalue weighted by Gasteiger charge is 2.19. The molecule has 0 unspecified atom stereocenters. The van der Waals surface area contributed by atoms with E-state index in [1.165, 1.54) is 10.1 Å². The lowest BCUT2D eigenvalue weighted by Crippen LogP contribution is -2.34. The van der Waals surface area contributed by atoms with Crippen molar-refractivity contribution in [1.29, 1.82) is 0 Å². The first-order chi connectivity index (χ1) is 17.9. The Morgan fingerprint density at radius 3 is 2.30 bits per heavy atom. The zero-order valence-electron chi connectivity index (χ0n) is 21.0. The zero-order valence-corrected chi connectivity index (χ0v) is 21.0. The molecule has 8 nitrogen and oxygen atoms in total. The summed E-state index contributed by atoms with van der Waals surface area (Å²) >= 11 is 0. The van der Waals surface area contributed by atoms with Crippen LogP contribution in [0, 0.1) is 13.8 Å². The van der Waals surface area contributed by atoms with Gasteiger partial charge in [-0.1, -0.05) is 71.8 Å². The third-order valence-electron chi connectivity index (χ3n) is 6.26. The van der Waals surface area contributed by atoms with Crippen molar-refractivity contribution in [2.45, 2.75) is 33.9 Å². The van der Waals surface area contributed by atoms with Crippen LogP contribution in [0.15, 0.2) is 83.8 Å². The molecule has 0 saturated heterocycles. The Labute approximate surface area is 214 Å². The highest BCUT2D eigenvalue weighted by atomic mass is 16.2. The Balaban J connectivity index is 1.46. The summed E-state index contributed by atoms with van der Waals surface area (Å²) in [5.74, 6) is -0.112. The Morgan fingerprint density at radius 1 is 0.919 bits per heavy atom. The molecular weight excluding hydrogens is 464 g/mol. The summed E-state index contributed by atoms with van der Waals surface area (Å²) in [5.41, 5.74) is 11.2. The average molecular weight is 493 g/mol. The topological polar surface area (TPSA) is 93.8 Å². The maximum absolute atomic E-state index is 13.4. The van der Waals surface area contributed by atoms with E-state index in [-0.39, 0.29) is 17.4 Å². The fourth-order valence-corrected chi connectivity index (χ4v) is 4.21. The van der Waals surface area contributed by atoms with Gasteiger partial charge >= 0.3 is 0 Å². The van der Waals surface area contributed by atoms with Crippen LogP contribution >= 0.6 is 0 Å². The number of anilines is 1. The van der Waals surface area contributed by atoms with Gasteiger partial charge in [0.15, 0.2) is 0 Å². The quantitative estimate of drug-likeness (QED) is 0.321. The molecule has 0 aliphatic rings. The number of nitrogens with zero attached hydrogens (tertiary/aromatic N) is 4. The number of carbonyl (C=O) groups excluding carboxylic acids is 1. The first kappa shape index (κ1) is 24.0. The molecule has 0 fully saturated rings. The molecule has 5 rings (SSSR count). The first-order valence-corrected chi connectivity index (χ1v) is 12.2. The zero-order chi connectivity index (χ0) is 25.9. The second-order valence-electron chi connectivity index (χ2n) is 9.02. The molecule has 0 saturated carbocycles. The van der Waals surface area contributed by atoms with Crippen LogP contribution in [-0.2, 0) is 13.1 Å². The SMILES string of the molecule is CCn1c(NNC(=O)c2cn(Cc3ccc(C)cc3)nc2-c2ccc(C)cc2)nc2ccccc2c1=O. The van der Waals surface area contributed by atoms with Gasteiger partial charge in [-0.15, -0.1) is 0 Å². The van der Waals surface area contributed by atoms with Crippen molar-refractivity contribution in [3.05, 3.63) is 112 Å². The number of rotatable bonds is 7. The normalized spacial score (nSPS) is 11.0. The molecule has 0 bridgehead atoms. The van der Waals surface area contributed by atoms with Crippen molar-refractivity contribution >= 4 is 22.8 Å². The fraction of sp³-hybridized carbons (Fsp3) is 0.172. The van der Waals surface area contributed by atoms with E-state index >= 15 is 0 Å². The fourth-order valence-electron chi connectivity index (χ4n) is 4.21. The van der Waals surface area contributed by atoms with Crippen LogP contribution in [0.1, 0.15) is 34.0 Å². The van der Waals surface area contributed by atoms with Gasteiger partial charge in [-0.2, -0.15) is 5.10 Å². The van der Waals surface area contributed by atoms with Gasteiger partial charge < -0.3 is 0 Å². The van der Waals surface area contributed by atoms with Gasteiger partial charge in [0.1, 0.15) is 5.69 Å². The number of hydrogen-bond acceptors (Lipinski definition) is 5. The number of amides is 1. The number of nitrogens with one attached hydrogen (secondary N) is 2. The number of aromatic nitrogens is 4. The number of hydrazine groups is 1. The van der Waals surface area contributed by atoms with Gasteiger partial charge in [-0.3, -0.25) is 29.7 Å². The molecule has 2 heterocycles. The second kappa shape index (κ2) is 10.1. The average Bonchev–Trinajstić information content (AvgIpc) is 3.33. The molecule has 3 aromatic carbocycles. The van der Waals surface area contributed by atoms with Crippen LogP contribution in [0.4, 0.5) is 5.95 Å². The standard InChI is InChI=1S/C29H28N6O2/c1-4-35-28(37)23-7-5-6-8-25(23)30-29(35)32-31-27(36)24-18-34(17-21-13-9-19(2)10-14-21)33-26(24)22-15-11-20(3)12-16-22/h5-16,18H,4,17H2,1-3H3,(H,30,32)(H,31,36). The van der Waals surface area contributed by atoms with Crippen molar-refractivity contribution in [3.63, 3.8) is 0 Å². The molecular formula is C29H28N6O2.